The van der Waals surface area contributed by atoms with Gasteiger partial charge in [0, 0.05) is 6.20 Å². The summed E-state index contributed by atoms with van der Waals surface area (Å²) in [5.74, 6) is 0. The molecular formula is C8H9BrF3N. The average molecular weight is 256 g/mol. The first kappa shape index (κ1) is 12.4. The first-order chi connectivity index (χ1) is 5.54. The highest BCUT2D eigenvalue weighted by atomic mass is 79.9. The van der Waals surface area contributed by atoms with Crippen LogP contribution in [0, 0.1) is 0 Å². The fourth-order valence-electron chi connectivity index (χ4n) is 0.801. The third kappa shape index (κ3) is 3.34. The molecule has 0 spiro atoms. The predicted molar refractivity (Wildman–Crippen MR) is 48.9 cm³/mol. The zero-order valence-corrected chi connectivity index (χ0v) is 8.64. The van der Waals surface area contributed by atoms with E-state index >= 15 is 0 Å². The van der Waals surface area contributed by atoms with Crippen molar-refractivity contribution in [3.05, 3.63) is 29.6 Å². The molecule has 5 heteroatoms. The lowest BCUT2D eigenvalue weighted by Crippen LogP contribution is -2.07. The Labute approximate surface area is 84.8 Å². The fourth-order valence-corrected chi connectivity index (χ4v) is 0.801. The van der Waals surface area contributed by atoms with E-state index in [1.54, 1.807) is 0 Å². The molecule has 1 aromatic rings. The molecular weight excluding hydrogens is 247 g/mol. The van der Waals surface area contributed by atoms with Crippen LogP contribution < -0.4 is 0 Å². The van der Waals surface area contributed by atoms with Crippen LogP contribution in [-0.4, -0.2) is 4.98 Å². The highest BCUT2D eigenvalue weighted by Crippen LogP contribution is 2.27. The largest absolute Gasteiger partial charge is 0.433 e. The Morgan fingerprint density at radius 3 is 2.23 bits per heavy atom. The molecule has 0 unspecified atom stereocenters. The molecule has 0 aromatic carbocycles. The van der Waals surface area contributed by atoms with E-state index in [1.807, 2.05) is 6.92 Å². The molecule has 0 saturated heterocycles. The van der Waals surface area contributed by atoms with Gasteiger partial charge in [-0.1, -0.05) is 13.0 Å². The molecule has 13 heavy (non-hydrogen) atoms. The van der Waals surface area contributed by atoms with Crippen LogP contribution in [-0.2, 0) is 12.6 Å². The summed E-state index contributed by atoms with van der Waals surface area (Å²) in [6.07, 6.45) is -2.37. The lowest BCUT2D eigenvalue weighted by Gasteiger charge is -2.04. The Hall–Kier alpha value is -0.580. The number of halogens is 4. The second-order valence-corrected chi connectivity index (χ2v) is 2.40. The van der Waals surface area contributed by atoms with Crippen molar-refractivity contribution in [2.24, 2.45) is 0 Å². The van der Waals surface area contributed by atoms with Crippen LogP contribution in [0.4, 0.5) is 13.2 Å². The normalized spacial score (nSPS) is 10.8. The van der Waals surface area contributed by atoms with Crippen LogP contribution in [0.15, 0.2) is 18.3 Å². The second-order valence-electron chi connectivity index (χ2n) is 2.40. The maximum atomic E-state index is 12.0. The van der Waals surface area contributed by atoms with E-state index in [0.717, 1.165) is 11.6 Å². The van der Waals surface area contributed by atoms with Crippen molar-refractivity contribution in [3.8, 4) is 0 Å². The SMILES string of the molecule is Br.CCc1ccc(C(F)(F)F)nc1. The van der Waals surface area contributed by atoms with Gasteiger partial charge in [-0.3, -0.25) is 4.98 Å². The number of hydrogen-bond acceptors (Lipinski definition) is 1. The molecule has 0 bridgehead atoms. The quantitative estimate of drug-likeness (QED) is 0.751. The summed E-state index contributed by atoms with van der Waals surface area (Å²) in [6.45, 7) is 1.87. The lowest BCUT2D eigenvalue weighted by atomic mass is 10.2. The number of alkyl halides is 3. The van der Waals surface area contributed by atoms with Crippen molar-refractivity contribution >= 4 is 17.0 Å². The minimum atomic E-state index is -4.33. The summed E-state index contributed by atoms with van der Waals surface area (Å²) in [6, 6.07) is 2.44. The van der Waals surface area contributed by atoms with Gasteiger partial charge in [0.25, 0.3) is 0 Å². The van der Waals surface area contributed by atoms with Gasteiger partial charge < -0.3 is 0 Å². The Balaban J connectivity index is 0.00000144. The molecule has 1 aromatic heterocycles. The average Bonchev–Trinajstić information content (AvgIpc) is 2.03. The van der Waals surface area contributed by atoms with Crippen LogP contribution in [0.25, 0.3) is 0 Å². The number of rotatable bonds is 1. The molecule has 0 atom stereocenters. The molecule has 1 rings (SSSR count). The van der Waals surface area contributed by atoms with Crippen LogP contribution >= 0.6 is 17.0 Å². The van der Waals surface area contributed by atoms with Crippen molar-refractivity contribution in [3.63, 3.8) is 0 Å². The van der Waals surface area contributed by atoms with Gasteiger partial charge in [-0.2, -0.15) is 13.2 Å². The van der Waals surface area contributed by atoms with E-state index in [0.29, 0.717) is 6.42 Å². The van der Waals surface area contributed by atoms with Gasteiger partial charge in [-0.05, 0) is 18.1 Å². The van der Waals surface area contributed by atoms with Crippen molar-refractivity contribution < 1.29 is 13.2 Å². The minimum absolute atomic E-state index is 0. The van der Waals surface area contributed by atoms with Gasteiger partial charge >= 0.3 is 6.18 Å². The molecule has 0 aliphatic heterocycles. The van der Waals surface area contributed by atoms with Crippen LogP contribution in [0.3, 0.4) is 0 Å². The van der Waals surface area contributed by atoms with Gasteiger partial charge in [0.1, 0.15) is 5.69 Å². The molecule has 0 aliphatic rings. The van der Waals surface area contributed by atoms with E-state index in [1.165, 1.54) is 12.3 Å². The Bertz CT molecular complexity index is 255. The maximum absolute atomic E-state index is 12.0. The molecule has 1 heterocycles. The minimum Gasteiger partial charge on any atom is -0.252 e. The number of aryl methyl sites for hydroxylation is 1. The second kappa shape index (κ2) is 4.60. The van der Waals surface area contributed by atoms with Crippen molar-refractivity contribution in [2.45, 2.75) is 19.5 Å². The monoisotopic (exact) mass is 255 g/mol. The molecule has 0 amide bonds. The predicted octanol–water partition coefficient (Wildman–Crippen LogP) is 3.24. The molecule has 74 valence electrons. The van der Waals surface area contributed by atoms with E-state index in [-0.39, 0.29) is 17.0 Å². The number of hydrogen-bond donors (Lipinski definition) is 0. The fraction of sp³-hybridized carbons (Fsp3) is 0.375. The topological polar surface area (TPSA) is 12.9 Å². The maximum Gasteiger partial charge on any atom is 0.433 e. The summed E-state index contributed by atoms with van der Waals surface area (Å²) in [5, 5.41) is 0. The van der Waals surface area contributed by atoms with E-state index < -0.39 is 11.9 Å². The molecule has 0 fully saturated rings. The van der Waals surface area contributed by atoms with Gasteiger partial charge in [0.05, 0.1) is 0 Å². The van der Waals surface area contributed by atoms with E-state index in [9.17, 15) is 13.2 Å². The summed E-state index contributed by atoms with van der Waals surface area (Å²) >= 11 is 0. The first-order valence-electron chi connectivity index (χ1n) is 3.56. The number of nitrogens with zero attached hydrogens (tertiary/aromatic N) is 1. The molecule has 0 saturated carbocycles. The van der Waals surface area contributed by atoms with Gasteiger partial charge in [0.15, 0.2) is 0 Å². The third-order valence-corrected chi connectivity index (χ3v) is 1.52. The van der Waals surface area contributed by atoms with Gasteiger partial charge in [0.2, 0.25) is 0 Å². The highest BCUT2D eigenvalue weighted by molar-refractivity contribution is 8.93. The number of aromatic nitrogens is 1. The van der Waals surface area contributed by atoms with Crippen LogP contribution in [0.1, 0.15) is 18.2 Å². The highest BCUT2D eigenvalue weighted by Gasteiger charge is 2.31. The van der Waals surface area contributed by atoms with E-state index in [2.05, 4.69) is 4.98 Å². The smallest absolute Gasteiger partial charge is 0.252 e. The zero-order chi connectivity index (χ0) is 9.19. The van der Waals surface area contributed by atoms with Crippen molar-refractivity contribution in [2.75, 3.05) is 0 Å². The standard InChI is InChI=1S/C8H8F3N.BrH/c1-2-6-3-4-7(12-5-6)8(9,10)11;/h3-5H,2H2,1H3;1H. The molecule has 0 radical (unpaired) electrons. The molecule has 0 N–H and O–H groups in total. The third-order valence-electron chi connectivity index (χ3n) is 1.52. The Morgan fingerprint density at radius 2 is 1.92 bits per heavy atom. The van der Waals surface area contributed by atoms with Crippen molar-refractivity contribution in [1.82, 2.24) is 4.98 Å². The Kier molecular flexibility index (Phi) is 4.39. The van der Waals surface area contributed by atoms with Crippen LogP contribution in [0.5, 0.6) is 0 Å². The zero-order valence-electron chi connectivity index (χ0n) is 6.93. The van der Waals surface area contributed by atoms with Crippen molar-refractivity contribution in [1.29, 1.82) is 0 Å². The summed E-state index contributed by atoms with van der Waals surface area (Å²) in [7, 11) is 0. The summed E-state index contributed by atoms with van der Waals surface area (Å²) < 4.78 is 35.9. The van der Waals surface area contributed by atoms with E-state index in [4.69, 9.17) is 0 Å². The molecule has 1 nitrogen and oxygen atoms in total. The van der Waals surface area contributed by atoms with Gasteiger partial charge in [-0.25, -0.2) is 0 Å². The molecule has 0 aliphatic carbocycles. The first-order valence-corrected chi connectivity index (χ1v) is 3.56. The van der Waals surface area contributed by atoms with Gasteiger partial charge in [-0.15, -0.1) is 17.0 Å². The summed E-state index contributed by atoms with van der Waals surface area (Å²) in [4.78, 5) is 3.30. The summed E-state index contributed by atoms with van der Waals surface area (Å²) in [5.41, 5.74) is -0.0253. The Morgan fingerprint density at radius 1 is 1.31 bits per heavy atom. The number of pyridine rings is 1. The van der Waals surface area contributed by atoms with Crippen LogP contribution in [0.2, 0.25) is 0 Å². The lowest BCUT2D eigenvalue weighted by molar-refractivity contribution is -0.141.